The smallest absolute Gasteiger partial charge is 0.225 e. The lowest BCUT2D eigenvalue weighted by Gasteiger charge is -2.38. The summed E-state index contributed by atoms with van der Waals surface area (Å²) >= 11 is 0. The largest absolute Gasteiger partial charge is 0.374 e. The molecule has 0 aromatic carbocycles. The zero-order valence-corrected chi connectivity index (χ0v) is 17.2. The Kier molecular flexibility index (Phi) is 5.22. The minimum atomic E-state index is 0.331. The predicted octanol–water partition coefficient (Wildman–Crippen LogP) is 0.615. The molecule has 5 fully saturated rings. The number of carbonyl (C=O) groups excluding carboxylic acids is 1. The zero-order valence-electron chi connectivity index (χ0n) is 17.2. The molecular formula is C21H35N5O2. The van der Waals surface area contributed by atoms with Crippen molar-refractivity contribution in [2.75, 3.05) is 59.4 Å². The van der Waals surface area contributed by atoms with Gasteiger partial charge in [0.25, 0.3) is 0 Å². The molecule has 156 valence electrons. The van der Waals surface area contributed by atoms with Gasteiger partial charge in [-0.25, -0.2) is 0 Å². The van der Waals surface area contributed by atoms with Gasteiger partial charge in [0.05, 0.1) is 12.2 Å². The number of nitrogens with one attached hydrogen (secondary N) is 1. The highest BCUT2D eigenvalue weighted by Crippen LogP contribution is 2.47. The van der Waals surface area contributed by atoms with E-state index in [2.05, 4.69) is 25.0 Å². The fourth-order valence-corrected chi connectivity index (χ4v) is 5.90. The maximum absolute atomic E-state index is 12.4. The van der Waals surface area contributed by atoms with Crippen LogP contribution in [0.5, 0.6) is 0 Å². The number of rotatable bonds is 4. The number of ether oxygens (including phenoxy) is 1. The highest BCUT2D eigenvalue weighted by Gasteiger charge is 2.53. The van der Waals surface area contributed by atoms with Crippen LogP contribution in [0, 0.1) is 17.8 Å². The minimum absolute atomic E-state index is 0.331. The van der Waals surface area contributed by atoms with Crippen LogP contribution in [-0.2, 0) is 9.53 Å². The number of hydrogen-bond donors (Lipinski definition) is 1. The third-order valence-electron chi connectivity index (χ3n) is 7.81. The minimum Gasteiger partial charge on any atom is -0.374 e. The van der Waals surface area contributed by atoms with Crippen LogP contribution in [0.15, 0.2) is 4.99 Å². The van der Waals surface area contributed by atoms with E-state index < -0.39 is 0 Å². The van der Waals surface area contributed by atoms with Crippen molar-refractivity contribution in [3.8, 4) is 0 Å². The van der Waals surface area contributed by atoms with Crippen molar-refractivity contribution in [2.45, 2.75) is 44.3 Å². The number of hydrogen-bond acceptors (Lipinski definition) is 4. The molecule has 28 heavy (non-hydrogen) atoms. The molecule has 0 aromatic heterocycles. The molecule has 4 saturated heterocycles. The SMILES string of the molecule is CN=C(NCCN1CCN(C(=O)C2CCC2)CC1)N1CC2C3CCC(O3)C2C1. The fourth-order valence-electron chi connectivity index (χ4n) is 5.90. The zero-order chi connectivity index (χ0) is 19.1. The first-order valence-corrected chi connectivity index (χ1v) is 11.3. The van der Waals surface area contributed by atoms with Crippen LogP contribution >= 0.6 is 0 Å². The van der Waals surface area contributed by atoms with Crippen LogP contribution in [0.1, 0.15) is 32.1 Å². The van der Waals surface area contributed by atoms with Crippen LogP contribution < -0.4 is 5.32 Å². The number of piperazine rings is 1. The lowest BCUT2D eigenvalue weighted by molar-refractivity contribution is -0.139. The Bertz CT molecular complexity index is 596. The molecule has 4 unspecified atom stereocenters. The van der Waals surface area contributed by atoms with Gasteiger partial charge in [0, 0.05) is 77.2 Å². The van der Waals surface area contributed by atoms with Crippen LogP contribution in [0.3, 0.4) is 0 Å². The van der Waals surface area contributed by atoms with Gasteiger partial charge in [-0.15, -0.1) is 0 Å². The lowest BCUT2D eigenvalue weighted by atomic mass is 9.82. The standard InChI is InChI=1S/C21H35N5O2/c1-22-21(26-13-16-17(14-26)19-6-5-18(16)28-19)23-7-8-24-9-11-25(12-10-24)20(27)15-3-2-4-15/h15-19H,2-14H2,1H3,(H,22,23). The van der Waals surface area contributed by atoms with Gasteiger partial charge in [0.15, 0.2) is 5.96 Å². The normalized spacial score (nSPS) is 36.0. The molecule has 2 bridgehead atoms. The first-order chi connectivity index (χ1) is 13.7. The average molecular weight is 390 g/mol. The van der Waals surface area contributed by atoms with E-state index in [4.69, 9.17) is 4.74 Å². The Morgan fingerprint density at radius 1 is 1.00 bits per heavy atom. The van der Waals surface area contributed by atoms with E-state index >= 15 is 0 Å². The quantitative estimate of drug-likeness (QED) is 0.564. The van der Waals surface area contributed by atoms with Gasteiger partial charge in [-0.2, -0.15) is 0 Å². The summed E-state index contributed by atoms with van der Waals surface area (Å²) in [4.78, 5) is 23.9. The summed E-state index contributed by atoms with van der Waals surface area (Å²) in [7, 11) is 1.90. The van der Waals surface area contributed by atoms with Crippen LogP contribution in [0.2, 0.25) is 0 Å². The molecule has 1 saturated carbocycles. The maximum atomic E-state index is 12.4. The Morgan fingerprint density at radius 2 is 1.68 bits per heavy atom. The molecule has 7 nitrogen and oxygen atoms in total. The van der Waals surface area contributed by atoms with Gasteiger partial charge >= 0.3 is 0 Å². The van der Waals surface area contributed by atoms with Crippen LogP contribution in [-0.4, -0.2) is 98.2 Å². The number of likely N-dealkylation sites (tertiary alicyclic amines) is 1. The molecule has 5 rings (SSSR count). The highest BCUT2D eigenvalue weighted by atomic mass is 16.5. The van der Waals surface area contributed by atoms with E-state index in [0.29, 0.717) is 35.9 Å². The molecule has 4 atom stereocenters. The van der Waals surface area contributed by atoms with E-state index in [-0.39, 0.29) is 0 Å². The summed E-state index contributed by atoms with van der Waals surface area (Å²) in [5.74, 6) is 3.20. The van der Waals surface area contributed by atoms with Crippen molar-refractivity contribution in [1.29, 1.82) is 0 Å². The number of carbonyl (C=O) groups is 1. The number of aliphatic imine (C=N–C) groups is 1. The highest BCUT2D eigenvalue weighted by molar-refractivity contribution is 5.80. The second-order valence-corrected chi connectivity index (χ2v) is 9.29. The molecule has 0 spiro atoms. The summed E-state index contributed by atoms with van der Waals surface area (Å²) in [5.41, 5.74) is 0. The molecule has 7 heteroatoms. The van der Waals surface area contributed by atoms with Gasteiger partial charge in [-0.3, -0.25) is 14.7 Å². The van der Waals surface area contributed by atoms with Crippen LogP contribution in [0.25, 0.3) is 0 Å². The second kappa shape index (κ2) is 7.82. The van der Waals surface area contributed by atoms with Gasteiger partial charge in [0.2, 0.25) is 5.91 Å². The van der Waals surface area contributed by atoms with Gasteiger partial charge < -0.3 is 19.9 Å². The number of amides is 1. The van der Waals surface area contributed by atoms with Crippen molar-refractivity contribution < 1.29 is 9.53 Å². The second-order valence-electron chi connectivity index (χ2n) is 9.29. The predicted molar refractivity (Wildman–Crippen MR) is 108 cm³/mol. The van der Waals surface area contributed by atoms with E-state index in [9.17, 15) is 4.79 Å². The van der Waals surface area contributed by atoms with E-state index in [1.54, 1.807) is 0 Å². The van der Waals surface area contributed by atoms with Gasteiger partial charge in [-0.1, -0.05) is 6.42 Å². The van der Waals surface area contributed by atoms with Crippen molar-refractivity contribution in [3.63, 3.8) is 0 Å². The van der Waals surface area contributed by atoms with Gasteiger partial charge in [0.1, 0.15) is 0 Å². The third-order valence-corrected chi connectivity index (χ3v) is 7.81. The van der Waals surface area contributed by atoms with Crippen molar-refractivity contribution in [1.82, 2.24) is 20.0 Å². The lowest BCUT2D eigenvalue weighted by Crippen LogP contribution is -2.52. The van der Waals surface area contributed by atoms with E-state index in [1.165, 1.54) is 19.3 Å². The Morgan fingerprint density at radius 3 is 2.25 bits per heavy atom. The molecule has 0 radical (unpaired) electrons. The van der Waals surface area contributed by atoms with Crippen molar-refractivity contribution in [2.24, 2.45) is 22.7 Å². The molecule has 1 aliphatic carbocycles. The number of fused-ring (bicyclic) bond motifs is 5. The molecule has 4 heterocycles. The fraction of sp³-hybridized carbons (Fsp3) is 0.905. The third kappa shape index (κ3) is 3.41. The first-order valence-electron chi connectivity index (χ1n) is 11.3. The first kappa shape index (κ1) is 18.7. The van der Waals surface area contributed by atoms with E-state index in [1.807, 2.05) is 7.05 Å². The molecule has 5 aliphatic rings. The van der Waals surface area contributed by atoms with E-state index in [0.717, 1.165) is 71.2 Å². The summed E-state index contributed by atoms with van der Waals surface area (Å²) in [6, 6.07) is 0. The Balaban J connectivity index is 1.04. The summed E-state index contributed by atoms with van der Waals surface area (Å²) in [5, 5.41) is 3.58. The summed E-state index contributed by atoms with van der Waals surface area (Å²) in [6.07, 6.45) is 6.94. The number of guanidine groups is 1. The average Bonchev–Trinajstić information content (AvgIpc) is 3.37. The molecule has 1 N–H and O–H groups in total. The Labute approximate surface area is 168 Å². The molecule has 0 aromatic rings. The Hall–Kier alpha value is -1.34. The molecule has 4 aliphatic heterocycles. The van der Waals surface area contributed by atoms with Crippen molar-refractivity contribution >= 4 is 11.9 Å². The molecular weight excluding hydrogens is 354 g/mol. The topological polar surface area (TPSA) is 60.4 Å². The van der Waals surface area contributed by atoms with Gasteiger partial charge in [-0.05, 0) is 25.7 Å². The molecule has 1 amide bonds. The number of nitrogens with zero attached hydrogens (tertiary/aromatic N) is 4. The van der Waals surface area contributed by atoms with Crippen LogP contribution in [0.4, 0.5) is 0 Å². The summed E-state index contributed by atoms with van der Waals surface area (Å²) < 4.78 is 6.09. The summed E-state index contributed by atoms with van der Waals surface area (Å²) in [6.45, 7) is 7.88. The maximum Gasteiger partial charge on any atom is 0.225 e. The van der Waals surface area contributed by atoms with Crippen molar-refractivity contribution in [3.05, 3.63) is 0 Å². The monoisotopic (exact) mass is 389 g/mol.